The molecule has 0 saturated carbocycles. The van der Waals surface area contributed by atoms with E-state index in [-0.39, 0.29) is 29.7 Å². The zero-order valence-electron chi connectivity index (χ0n) is 20.0. The van der Waals surface area contributed by atoms with Crippen LogP contribution in [0.25, 0.3) is 0 Å². The average Bonchev–Trinajstić information content (AvgIpc) is 2.79. The van der Waals surface area contributed by atoms with Crippen LogP contribution in [-0.4, -0.2) is 86.7 Å². The van der Waals surface area contributed by atoms with E-state index in [0.717, 1.165) is 45.6 Å². The van der Waals surface area contributed by atoms with Crippen LogP contribution in [0.15, 0.2) is 24.3 Å². The van der Waals surface area contributed by atoms with Gasteiger partial charge in [0, 0.05) is 38.6 Å². The van der Waals surface area contributed by atoms with E-state index in [1.54, 1.807) is 18.2 Å². The van der Waals surface area contributed by atoms with E-state index in [4.69, 9.17) is 4.74 Å². The molecule has 1 aromatic rings. The van der Waals surface area contributed by atoms with Gasteiger partial charge in [0.05, 0.1) is 19.3 Å². The first-order valence-electron chi connectivity index (χ1n) is 12.2. The Morgan fingerprint density at radius 3 is 2.61 bits per heavy atom. The molecule has 0 aromatic heterocycles. The molecule has 2 amide bonds. The van der Waals surface area contributed by atoms with Gasteiger partial charge in [-0.15, -0.1) is 0 Å². The molecular formula is C25H39FN4O3. The van der Waals surface area contributed by atoms with Gasteiger partial charge in [0.15, 0.2) is 0 Å². The molecule has 1 atom stereocenters. The van der Waals surface area contributed by atoms with Crippen molar-refractivity contribution in [2.75, 3.05) is 59.0 Å². The van der Waals surface area contributed by atoms with Gasteiger partial charge >= 0.3 is 0 Å². The van der Waals surface area contributed by atoms with Gasteiger partial charge in [-0.1, -0.05) is 32.0 Å². The molecule has 2 N–H and O–H groups in total. The normalized spacial score (nSPS) is 20.7. The van der Waals surface area contributed by atoms with Gasteiger partial charge in [-0.3, -0.25) is 19.4 Å². The second-order valence-corrected chi connectivity index (χ2v) is 9.63. The lowest BCUT2D eigenvalue weighted by Gasteiger charge is -2.34. The van der Waals surface area contributed by atoms with Gasteiger partial charge in [-0.2, -0.15) is 0 Å². The molecule has 0 spiro atoms. The largest absolute Gasteiger partial charge is 0.374 e. The Balaban J connectivity index is 1.29. The summed E-state index contributed by atoms with van der Waals surface area (Å²) >= 11 is 0. The number of nitrogens with zero attached hydrogens (tertiary/aromatic N) is 2. The van der Waals surface area contributed by atoms with Crippen molar-refractivity contribution in [2.24, 2.45) is 11.8 Å². The third-order valence-corrected chi connectivity index (χ3v) is 6.35. The van der Waals surface area contributed by atoms with E-state index in [9.17, 15) is 14.0 Å². The molecule has 0 bridgehead atoms. The quantitative estimate of drug-likeness (QED) is 0.553. The molecule has 3 rings (SSSR count). The number of likely N-dealkylation sites (tertiary alicyclic amines) is 1. The summed E-state index contributed by atoms with van der Waals surface area (Å²) in [5.41, 5.74) is 0.616. The highest BCUT2D eigenvalue weighted by Gasteiger charge is 2.26. The average molecular weight is 463 g/mol. The van der Waals surface area contributed by atoms with Crippen molar-refractivity contribution >= 4 is 11.8 Å². The maximum Gasteiger partial charge on any atom is 0.234 e. The lowest BCUT2D eigenvalue weighted by molar-refractivity contribution is -0.127. The van der Waals surface area contributed by atoms with E-state index >= 15 is 0 Å². The van der Waals surface area contributed by atoms with Gasteiger partial charge in [0.2, 0.25) is 11.8 Å². The van der Waals surface area contributed by atoms with Crippen molar-refractivity contribution in [3.8, 4) is 0 Å². The number of hydrogen-bond acceptors (Lipinski definition) is 5. The van der Waals surface area contributed by atoms with Gasteiger partial charge in [0.25, 0.3) is 0 Å². The molecule has 184 valence electrons. The maximum atomic E-state index is 13.7. The van der Waals surface area contributed by atoms with Crippen LogP contribution in [0, 0.1) is 17.7 Å². The Morgan fingerprint density at radius 2 is 1.88 bits per heavy atom. The molecule has 2 aliphatic rings. The minimum Gasteiger partial charge on any atom is -0.374 e. The molecule has 2 aliphatic heterocycles. The Kier molecular flexibility index (Phi) is 10.1. The number of amides is 2. The summed E-state index contributed by atoms with van der Waals surface area (Å²) in [5.74, 6) is 0.368. The van der Waals surface area contributed by atoms with Crippen LogP contribution in [0.5, 0.6) is 0 Å². The van der Waals surface area contributed by atoms with Crippen molar-refractivity contribution in [1.82, 2.24) is 20.4 Å². The van der Waals surface area contributed by atoms with Crippen molar-refractivity contribution in [3.05, 3.63) is 35.6 Å². The zero-order valence-corrected chi connectivity index (χ0v) is 20.0. The highest BCUT2D eigenvalue weighted by atomic mass is 19.1. The summed E-state index contributed by atoms with van der Waals surface area (Å²) in [5, 5.41) is 5.95. The van der Waals surface area contributed by atoms with Gasteiger partial charge < -0.3 is 15.4 Å². The summed E-state index contributed by atoms with van der Waals surface area (Å²) in [6, 6.07) is 6.65. The SMILES string of the molecule is CC(C)CN1CCOC(CNC(=O)CN2CCC(C(=O)NCCc3ccccc3F)CC2)C1. The van der Waals surface area contributed by atoms with Gasteiger partial charge in [0.1, 0.15) is 5.82 Å². The molecule has 2 heterocycles. The summed E-state index contributed by atoms with van der Waals surface area (Å²) in [7, 11) is 0. The van der Waals surface area contributed by atoms with Crippen LogP contribution < -0.4 is 10.6 Å². The number of carbonyl (C=O) groups is 2. The molecule has 1 unspecified atom stereocenters. The predicted molar refractivity (Wildman–Crippen MR) is 126 cm³/mol. The van der Waals surface area contributed by atoms with Crippen LogP contribution in [0.2, 0.25) is 0 Å². The number of hydrogen-bond donors (Lipinski definition) is 2. The fourth-order valence-electron chi connectivity index (χ4n) is 4.59. The molecule has 33 heavy (non-hydrogen) atoms. The molecule has 2 saturated heterocycles. The van der Waals surface area contributed by atoms with Crippen molar-refractivity contribution in [3.63, 3.8) is 0 Å². The Labute approximate surface area is 197 Å². The first-order chi connectivity index (χ1) is 15.9. The molecular weight excluding hydrogens is 423 g/mol. The second-order valence-electron chi connectivity index (χ2n) is 9.63. The van der Waals surface area contributed by atoms with Crippen LogP contribution in [-0.2, 0) is 20.7 Å². The lowest BCUT2D eigenvalue weighted by Crippen LogP contribution is -2.50. The third-order valence-electron chi connectivity index (χ3n) is 6.35. The number of morpholine rings is 1. The summed E-state index contributed by atoms with van der Waals surface area (Å²) in [6.07, 6.45) is 1.99. The first-order valence-corrected chi connectivity index (χ1v) is 12.2. The highest BCUT2D eigenvalue weighted by molar-refractivity contribution is 5.79. The maximum absolute atomic E-state index is 13.7. The Hall–Kier alpha value is -2.03. The van der Waals surface area contributed by atoms with Crippen LogP contribution in [0.1, 0.15) is 32.3 Å². The van der Waals surface area contributed by atoms with Crippen molar-refractivity contribution in [2.45, 2.75) is 39.2 Å². The van der Waals surface area contributed by atoms with Crippen LogP contribution in [0.4, 0.5) is 4.39 Å². The summed E-state index contributed by atoms with van der Waals surface area (Å²) < 4.78 is 19.5. The smallest absolute Gasteiger partial charge is 0.234 e. The van der Waals surface area contributed by atoms with Crippen LogP contribution in [0.3, 0.4) is 0 Å². The fraction of sp³-hybridized carbons (Fsp3) is 0.680. The molecule has 0 radical (unpaired) electrons. The van der Waals surface area contributed by atoms with Crippen molar-refractivity contribution in [1.29, 1.82) is 0 Å². The number of rotatable bonds is 10. The number of nitrogens with one attached hydrogen (secondary N) is 2. The number of ether oxygens (including phenoxy) is 1. The van der Waals surface area contributed by atoms with E-state index in [2.05, 4.69) is 34.3 Å². The number of piperidine rings is 1. The molecule has 7 nitrogen and oxygen atoms in total. The molecule has 1 aromatic carbocycles. The van der Waals surface area contributed by atoms with E-state index in [0.29, 0.717) is 44.1 Å². The topological polar surface area (TPSA) is 73.9 Å². The summed E-state index contributed by atoms with van der Waals surface area (Å²) in [6.45, 7) is 10.8. The zero-order chi connectivity index (χ0) is 23.6. The number of carbonyl (C=O) groups excluding carboxylic acids is 2. The fourth-order valence-corrected chi connectivity index (χ4v) is 4.59. The molecule has 0 aliphatic carbocycles. The van der Waals surface area contributed by atoms with E-state index < -0.39 is 0 Å². The summed E-state index contributed by atoms with van der Waals surface area (Å²) in [4.78, 5) is 29.4. The minimum atomic E-state index is -0.235. The second kappa shape index (κ2) is 13.0. The molecule has 2 fully saturated rings. The van der Waals surface area contributed by atoms with E-state index in [1.807, 2.05) is 0 Å². The monoisotopic (exact) mass is 462 g/mol. The Bertz CT molecular complexity index is 768. The number of benzene rings is 1. The molecule has 8 heteroatoms. The van der Waals surface area contributed by atoms with Crippen LogP contribution >= 0.6 is 0 Å². The van der Waals surface area contributed by atoms with Gasteiger partial charge in [-0.05, 0) is 49.9 Å². The predicted octanol–water partition coefficient (Wildman–Crippen LogP) is 1.67. The van der Waals surface area contributed by atoms with Crippen molar-refractivity contribution < 1.29 is 18.7 Å². The lowest BCUT2D eigenvalue weighted by atomic mass is 9.96. The highest BCUT2D eigenvalue weighted by Crippen LogP contribution is 2.17. The van der Waals surface area contributed by atoms with Gasteiger partial charge in [-0.25, -0.2) is 4.39 Å². The first kappa shape index (κ1) is 25.6. The standard InChI is InChI=1S/C25H39FN4O3/c1-19(2)16-30-13-14-33-22(17-30)15-28-24(31)18-29-11-8-21(9-12-29)25(32)27-10-7-20-5-3-4-6-23(20)26/h3-6,19,21-22H,7-18H2,1-2H3,(H,27,32)(H,28,31). The minimum absolute atomic E-state index is 0.00683. The Morgan fingerprint density at radius 1 is 1.12 bits per heavy atom. The van der Waals surface area contributed by atoms with E-state index in [1.165, 1.54) is 6.07 Å². The number of halogens is 1. The third kappa shape index (κ3) is 8.68.